The van der Waals surface area contributed by atoms with Gasteiger partial charge in [-0.15, -0.1) is 0 Å². The third-order valence-corrected chi connectivity index (χ3v) is 1.65. The van der Waals surface area contributed by atoms with Crippen molar-refractivity contribution in [3.8, 4) is 0 Å². The summed E-state index contributed by atoms with van der Waals surface area (Å²) >= 11 is 0. The zero-order chi connectivity index (χ0) is 11.3. The molecule has 0 bridgehead atoms. The highest BCUT2D eigenvalue weighted by atomic mass is 16.4. The summed E-state index contributed by atoms with van der Waals surface area (Å²) in [6.45, 7) is 2.38. The van der Waals surface area contributed by atoms with Crippen molar-refractivity contribution in [3.63, 3.8) is 0 Å². The molecule has 0 spiro atoms. The Balaban J connectivity index is 2.92. The van der Waals surface area contributed by atoms with E-state index in [2.05, 4.69) is 15.3 Å². The van der Waals surface area contributed by atoms with Gasteiger partial charge >= 0.3 is 5.97 Å². The molecule has 1 heterocycles. The summed E-state index contributed by atoms with van der Waals surface area (Å²) < 4.78 is 0. The molecule has 80 valence electrons. The molecular weight excluding hydrogens is 198 g/mol. The summed E-state index contributed by atoms with van der Waals surface area (Å²) in [4.78, 5) is 29.5. The van der Waals surface area contributed by atoms with E-state index in [4.69, 9.17) is 5.11 Å². The van der Waals surface area contributed by atoms with Crippen LogP contribution in [0.1, 0.15) is 34.3 Å². The lowest BCUT2D eigenvalue weighted by atomic mass is 10.3. The highest BCUT2D eigenvalue weighted by molar-refractivity contribution is 6.01. The standard InChI is InChI=1S/C9H11N3O3/c1-2-3-12-8(13)6-7(9(14)15)11-5-4-10-6/h4-5H,2-3H2,1H3,(H,12,13)(H,14,15). The van der Waals surface area contributed by atoms with Gasteiger partial charge in [-0.05, 0) is 6.42 Å². The predicted octanol–water partition coefficient (Wildman–Crippen LogP) is 0.315. The van der Waals surface area contributed by atoms with Crippen LogP contribution in [0.15, 0.2) is 12.4 Å². The lowest BCUT2D eigenvalue weighted by Gasteiger charge is -2.04. The van der Waals surface area contributed by atoms with E-state index in [0.29, 0.717) is 6.54 Å². The van der Waals surface area contributed by atoms with Crippen molar-refractivity contribution in [1.82, 2.24) is 15.3 Å². The molecule has 2 N–H and O–H groups in total. The second kappa shape index (κ2) is 5.04. The van der Waals surface area contributed by atoms with Crippen molar-refractivity contribution in [1.29, 1.82) is 0 Å². The number of hydrogen-bond acceptors (Lipinski definition) is 4. The molecule has 0 saturated carbocycles. The summed E-state index contributed by atoms with van der Waals surface area (Å²) in [7, 11) is 0. The van der Waals surface area contributed by atoms with Crippen LogP contribution in [0.2, 0.25) is 0 Å². The zero-order valence-electron chi connectivity index (χ0n) is 8.23. The van der Waals surface area contributed by atoms with Gasteiger partial charge in [0, 0.05) is 18.9 Å². The Morgan fingerprint density at radius 1 is 1.33 bits per heavy atom. The Morgan fingerprint density at radius 2 is 1.93 bits per heavy atom. The average molecular weight is 209 g/mol. The Kier molecular flexibility index (Phi) is 3.73. The normalized spacial score (nSPS) is 9.67. The van der Waals surface area contributed by atoms with E-state index in [1.54, 1.807) is 0 Å². The van der Waals surface area contributed by atoms with E-state index in [1.807, 2.05) is 6.92 Å². The van der Waals surface area contributed by atoms with Crippen molar-refractivity contribution in [3.05, 3.63) is 23.8 Å². The highest BCUT2D eigenvalue weighted by Gasteiger charge is 2.18. The molecule has 1 rings (SSSR count). The number of carboxylic acids is 1. The van der Waals surface area contributed by atoms with Crippen molar-refractivity contribution >= 4 is 11.9 Å². The molecule has 0 unspecified atom stereocenters. The molecule has 0 saturated heterocycles. The van der Waals surface area contributed by atoms with Gasteiger partial charge in [0.15, 0.2) is 11.4 Å². The molecule has 0 aliphatic heterocycles. The van der Waals surface area contributed by atoms with Gasteiger partial charge in [-0.25, -0.2) is 14.8 Å². The highest BCUT2D eigenvalue weighted by Crippen LogP contribution is 2.01. The van der Waals surface area contributed by atoms with Crippen LogP contribution in [0.4, 0.5) is 0 Å². The molecule has 1 aromatic rings. The monoisotopic (exact) mass is 209 g/mol. The van der Waals surface area contributed by atoms with E-state index in [1.165, 1.54) is 12.4 Å². The SMILES string of the molecule is CCCNC(=O)c1nccnc1C(=O)O. The number of nitrogens with zero attached hydrogens (tertiary/aromatic N) is 2. The number of aromatic carboxylic acids is 1. The number of aromatic nitrogens is 2. The Labute approximate surface area is 86.4 Å². The minimum absolute atomic E-state index is 0.154. The van der Waals surface area contributed by atoms with Gasteiger partial charge in [0.1, 0.15) is 0 Å². The number of rotatable bonds is 4. The summed E-state index contributed by atoms with van der Waals surface area (Å²) in [6, 6.07) is 0. The first-order valence-electron chi connectivity index (χ1n) is 4.49. The Morgan fingerprint density at radius 3 is 2.47 bits per heavy atom. The van der Waals surface area contributed by atoms with E-state index in [9.17, 15) is 9.59 Å². The summed E-state index contributed by atoms with van der Waals surface area (Å²) in [6.07, 6.45) is 3.29. The van der Waals surface area contributed by atoms with E-state index in [0.717, 1.165) is 6.42 Å². The third-order valence-electron chi connectivity index (χ3n) is 1.65. The van der Waals surface area contributed by atoms with Gasteiger partial charge in [-0.2, -0.15) is 0 Å². The fourth-order valence-electron chi connectivity index (χ4n) is 0.983. The van der Waals surface area contributed by atoms with E-state index >= 15 is 0 Å². The lowest BCUT2D eigenvalue weighted by molar-refractivity contribution is 0.0683. The van der Waals surface area contributed by atoms with Crippen LogP contribution >= 0.6 is 0 Å². The first-order chi connectivity index (χ1) is 7.16. The maximum Gasteiger partial charge on any atom is 0.356 e. The molecule has 0 radical (unpaired) electrons. The van der Waals surface area contributed by atoms with Crippen LogP contribution in [-0.4, -0.2) is 33.5 Å². The summed E-state index contributed by atoms with van der Waals surface area (Å²) in [5, 5.41) is 11.3. The Bertz CT molecular complexity index is 379. The number of amides is 1. The van der Waals surface area contributed by atoms with Crippen LogP contribution < -0.4 is 5.32 Å². The predicted molar refractivity (Wildman–Crippen MR) is 51.6 cm³/mol. The molecule has 15 heavy (non-hydrogen) atoms. The molecule has 0 atom stereocenters. The van der Waals surface area contributed by atoms with Crippen LogP contribution in [0.25, 0.3) is 0 Å². The largest absolute Gasteiger partial charge is 0.476 e. The third kappa shape index (κ3) is 2.73. The van der Waals surface area contributed by atoms with Crippen LogP contribution in [0.5, 0.6) is 0 Å². The molecular formula is C9H11N3O3. The minimum atomic E-state index is -1.26. The van der Waals surface area contributed by atoms with E-state index < -0.39 is 11.9 Å². The first kappa shape index (κ1) is 11.1. The fraction of sp³-hybridized carbons (Fsp3) is 0.333. The maximum absolute atomic E-state index is 11.5. The first-order valence-corrected chi connectivity index (χ1v) is 4.49. The number of nitrogens with one attached hydrogen (secondary N) is 1. The smallest absolute Gasteiger partial charge is 0.356 e. The minimum Gasteiger partial charge on any atom is -0.476 e. The van der Waals surface area contributed by atoms with Gasteiger partial charge in [0.25, 0.3) is 5.91 Å². The Hall–Kier alpha value is -1.98. The molecule has 0 aliphatic carbocycles. The molecule has 0 aromatic carbocycles. The van der Waals surface area contributed by atoms with Gasteiger partial charge in [-0.3, -0.25) is 4.79 Å². The lowest BCUT2D eigenvalue weighted by Crippen LogP contribution is -2.27. The summed E-state index contributed by atoms with van der Waals surface area (Å²) in [5.74, 6) is -1.77. The van der Waals surface area contributed by atoms with Crippen LogP contribution in [0.3, 0.4) is 0 Å². The second-order valence-electron chi connectivity index (χ2n) is 2.81. The molecule has 1 aromatic heterocycles. The summed E-state index contributed by atoms with van der Waals surface area (Å²) in [5.41, 5.74) is -0.482. The van der Waals surface area contributed by atoms with Gasteiger partial charge in [-0.1, -0.05) is 6.92 Å². The number of hydrogen-bond donors (Lipinski definition) is 2. The van der Waals surface area contributed by atoms with Crippen molar-refractivity contribution < 1.29 is 14.7 Å². The van der Waals surface area contributed by atoms with Gasteiger partial charge < -0.3 is 10.4 Å². The molecule has 1 amide bonds. The van der Waals surface area contributed by atoms with Crippen LogP contribution in [0, 0.1) is 0 Å². The van der Waals surface area contributed by atoms with Crippen LogP contribution in [-0.2, 0) is 0 Å². The number of carboxylic acid groups (broad SMARTS) is 1. The maximum atomic E-state index is 11.5. The molecule has 6 heteroatoms. The van der Waals surface area contributed by atoms with Crippen molar-refractivity contribution in [2.24, 2.45) is 0 Å². The second-order valence-corrected chi connectivity index (χ2v) is 2.81. The van der Waals surface area contributed by atoms with E-state index in [-0.39, 0.29) is 11.4 Å². The molecule has 0 fully saturated rings. The fourth-order valence-corrected chi connectivity index (χ4v) is 0.983. The zero-order valence-corrected chi connectivity index (χ0v) is 8.23. The number of carbonyl (C=O) groups is 2. The average Bonchev–Trinajstić information content (AvgIpc) is 2.25. The topological polar surface area (TPSA) is 92.2 Å². The quantitative estimate of drug-likeness (QED) is 0.744. The number of carbonyl (C=O) groups excluding carboxylic acids is 1. The molecule has 6 nitrogen and oxygen atoms in total. The van der Waals surface area contributed by atoms with Gasteiger partial charge in [0.2, 0.25) is 0 Å². The van der Waals surface area contributed by atoms with Crippen molar-refractivity contribution in [2.75, 3.05) is 6.54 Å². The molecule has 0 aliphatic rings. The van der Waals surface area contributed by atoms with Crippen molar-refractivity contribution in [2.45, 2.75) is 13.3 Å². The van der Waals surface area contributed by atoms with Gasteiger partial charge in [0.05, 0.1) is 0 Å².